The van der Waals surface area contributed by atoms with Crippen LogP contribution in [0.5, 0.6) is 0 Å². The minimum Gasteiger partial charge on any atom is -0.395 e. The molecule has 1 heterocycles. The summed E-state index contributed by atoms with van der Waals surface area (Å²) in [5.41, 5.74) is 0. The molecule has 1 aliphatic rings. The smallest absolute Gasteiger partial charge is 0.0644 e. The molecule has 0 bridgehead atoms. The Balaban J connectivity index is 2.27. The summed E-state index contributed by atoms with van der Waals surface area (Å²) in [7, 11) is 0. The fourth-order valence-corrected chi connectivity index (χ4v) is 1.58. The predicted molar refractivity (Wildman–Crippen MR) is 52.7 cm³/mol. The molecule has 1 rings (SSSR count). The van der Waals surface area contributed by atoms with E-state index in [9.17, 15) is 0 Å². The largest absolute Gasteiger partial charge is 0.395 e. The molecule has 1 aliphatic heterocycles. The van der Waals surface area contributed by atoms with E-state index < -0.39 is 0 Å². The molecular formula is C10H21NO2. The van der Waals surface area contributed by atoms with Crippen molar-refractivity contribution in [3.05, 3.63) is 0 Å². The number of aliphatic hydroxyl groups is 1. The lowest BCUT2D eigenvalue weighted by molar-refractivity contribution is -0.0287. The number of hydrogen-bond acceptors (Lipinski definition) is 3. The molecule has 0 spiro atoms. The average Bonchev–Trinajstić information content (AvgIpc) is 2.15. The molecule has 0 aromatic heterocycles. The Labute approximate surface area is 80.7 Å². The predicted octanol–water partition coefficient (Wildman–Crippen LogP) is 0.726. The summed E-state index contributed by atoms with van der Waals surface area (Å²) >= 11 is 0. The van der Waals surface area contributed by atoms with Gasteiger partial charge in [-0.25, -0.2) is 0 Å². The fraction of sp³-hybridized carbons (Fsp3) is 1.00. The first kappa shape index (κ1) is 11.0. The number of ether oxygens (including phenoxy) is 1. The van der Waals surface area contributed by atoms with Gasteiger partial charge in [0.05, 0.1) is 25.9 Å². The van der Waals surface area contributed by atoms with Gasteiger partial charge in [-0.05, 0) is 18.9 Å². The van der Waals surface area contributed by atoms with Crippen molar-refractivity contribution in [2.75, 3.05) is 32.9 Å². The van der Waals surface area contributed by atoms with Crippen LogP contribution >= 0.6 is 0 Å². The van der Waals surface area contributed by atoms with Crippen molar-refractivity contribution in [3.8, 4) is 0 Å². The van der Waals surface area contributed by atoms with E-state index in [0.29, 0.717) is 6.61 Å². The van der Waals surface area contributed by atoms with Gasteiger partial charge in [0.2, 0.25) is 0 Å². The molecule has 0 aromatic carbocycles. The molecule has 3 heteroatoms. The summed E-state index contributed by atoms with van der Waals surface area (Å²) in [5, 5.41) is 9.11. The van der Waals surface area contributed by atoms with Crippen LogP contribution in [-0.4, -0.2) is 49.0 Å². The third kappa shape index (κ3) is 3.63. The van der Waals surface area contributed by atoms with Crippen molar-refractivity contribution in [1.29, 1.82) is 0 Å². The zero-order valence-electron chi connectivity index (χ0n) is 8.70. The van der Waals surface area contributed by atoms with Crippen molar-refractivity contribution >= 4 is 0 Å². The zero-order valence-corrected chi connectivity index (χ0v) is 8.70. The second-order valence-corrected chi connectivity index (χ2v) is 4.13. The second-order valence-electron chi connectivity index (χ2n) is 4.13. The molecule has 0 saturated carbocycles. The van der Waals surface area contributed by atoms with Gasteiger partial charge in [-0.1, -0.05) is 13.8 Å². The fourth-order valence-electron chi connectivity index (χ4n) is 1.58. The first-order valence-electron chi connectivity index (χ1n) is 5.16. The molecule has 1 N–H and O–H groups in total. The number of nitrogens with zero attached hydrogens (tertiary/aromatic N) is 1. The van der Waals surface area contributed by atoms with Crippen molar-refractivity contribution < 1.29 is 9.84 Å². The molecule has 3 nitrogen and oxygen atoms in total. The van der Waals surface area contributed by atoms with E-state index in [1.54, 1.807) is 0 Å². The van der Waals surface area contributed by atoms with Crippen molar-refractivity contribution in [3.63, 3.8) is 0 Å². The van der Waals surface area contributed by atoms with Crippen LogP contribution in [0.1, 0.15) is 20.3 Å². The highest BCUT2D eigenvalue weighted by atomic mass is 16.5. The maximum absolute atomic E-state index is 9.11. The Morgan fingerprint density at radius 2 is 2.31 bits per heavy atom. The van der Waals surface area contributed by atoms with Gasteiger partial charge in [-0.3, -0.25) is 4.90 Å². The van der Waals surface area contributed by atoms with Crippen LogP contribution in [0.25, 0.3) is 0 Å². The average molecular weight is 187 g/mol. The lowest BCUT2D eigenvalue weighted by Crippen LogP contribution is -2.47. The molecule has 1 fully saturated rings. The van der Waals surface area contributed by atoms with E-state index in [2.05, 4.69) is 18.7 Å². The molecule has 0 amide bonds. The highest BCUT2D eigenvalue weighted by Gasteiger charge is 2.21. The summed E-state index contributed by atoms with van der Waals surface area (Å²) in [5.74, 6) is 0.738. The standard InChI is InChI=1S/C10H21NO2/c1-9(2)3-4-11-5-6-13-8-10(11)7-12/h9-10,12H,3-8H2,1-2H3. The highest BCUT2D eigenvalue weighted by Crippen LogP contribution is 2.09. The summed E-state index contributed by atoms with van der Waals surface area (Å²) in [6.07, 6.45) is 1.20. The Hall–Kier alpha value is -0.120. The summed E-state index contributed by atoms with van der Waals surface area (Å²) in [4.78, 5) is 2.34. The third-order valence-electron chi connectivity index (χ3n) is 2.55. The van der Waals surface area contributed by atoms with E-state index in [-0.39, 0.29) is 12.6 Å². The maximum atomic E-state index is 9.11. The van der Waals surface area contributed by atoms with Crippen LogP contribution in [-0.2, 0) is 4.74 Å². The Morgan fingerprint density at radius 3 is 2.92 bits per heavy atom. The molecule has 0 radical (unpaired) electrons. The second kappa shape index (κ2) is 5.58. The lowest BCUT2D eigenvalue weighted by atomic mass is 10.1. The Kier molecular flexibility index (Phi) is 4.70. The number of morpholine rings is 1. The minimum absolute atomic E-state index is 0.220. The quantitative estimate of drug-likeness (QED) is 0.704. The molecule has 1 saturated heterocycles. The first-order valence-corrected chi connectivity index (χ1v) is 5.16. The molecule has 78 valence electrons. The Morgan fingerprint density at radius 1 is 1.54 bits per heavy atom. The molecule has 1 atom stereocenters. The molecule has 1 unspecified atom stereocenters. The van der Waals surface area contributed by atoms with E-state index >= 15 is 0 Å². The number of aliphatic hydroxyl groups excluding tert-OH is 1. The Bertz CT molecular complexity index is 139. The third-order valence-corrected chi connectivity index (χ3v) is 2.55. The van der Waals surface area contributed by atoms with E-state index in [1.807, 2.05) is 0 Å². The zero-order chi connectivity index (χ0) is 9.68. The molecule has 13 heavy (non-hydrogen) atoms. The van der Waals surface area contributed by atoms with Crippen molar-refractivity contribution in [2.24, 2.45) is 5.92 Å². The van der Waals surface area contributed by atoms with Gasteiger partial charge in [0.1, 0.15) is 0 Å². The molecule has 0 aromatic rings. The summed E-state index contributed by atoms with van der Waals surface area (Å²) in [6.45, 7) is 8.24. The van der Waals surface area contributed by atoms with E-state index in [4.69, 9.17) is 9.84 Å². The van der Waals surface area contributed by atoms with Gasteiger partial charge >= 0.3 is 0 Å². The van der Waals surface area contributed by atoms with Crippen LogP contribution in [0, 0.1) is 5.92 Å². The summed E-state index contributed by atoms with van der Waals surface area (Å²) in [6, 6.07) is 0.229. The van der Waals surface area contributed by atoms with Crippen LogP contribution in [0.15, 0.2) is 0 Å². The van der Waals surface area contributed by atoms with Crippen molar-refractivity contribution in [2.45, 2.75) is 26.3 Å². The van der Waals surface area contributed by atoms with Crippen molar-refractivity contribution in [1.82, 2.24) is 4.90 Å². The van der Waals surface area contributed by atoms with Gasteiger partial charge < -0.3 is 9.84 Å². The van der Waals surface area contributed by atoms with E-state index in [0.717, 1.165) is 25.6 Å². The SMILES string of the molecule is CC(C)CCN1CCOCC1CO. The maximum Gasteiger partial charge on any atom is 0.0644 e. The topological polar surface area (TPSA) is 32.7 Å². The van der Waals surface area contributed by atoms with Gasteiger partial charge in [-0.15, -0.1) is 0 Å². The minimum atomic E-state index is 0.220. The van der Waals surface area contributed by atoms with Gasteiger partial charge in [0.25, 0.3) is 0 Å². The normalized spacial score (nSPS) is 25.4. The highest BCUT2D eigenvalue weighted by molar-refractivity contribution is 4.74. The van der Waals surface area contributed by atoms with Crippen LogP contribution < -0.4 is 0 Å². The molecular weight excluding hydrogens is 166 g/mol. The monoisotopic (exact) mass is 187 g/mol. The lowest BCUT2D eigenvalue weighted by Gasteiger charge is -2.34. The number of hydrogen-bond donors (Lipinski definition) is 1. The van der Waals surface area contributed by atoms with E-state index in [1.165, 1.54) is 6.42 Å². The molecule has 0 aliphatic carbocycles. The first-order chi connectivity index (χ1) is 6.24. The summed E-state index contributed by atoms with van der Waals surface area (Å²) < 4.78 is 5.31. The number of rotatable bonds is 4. The van der Waals surface area contributed by atoms with Crippen LogP contribution in [0.4, 0.5) is 0 Å². The van der Waals surface area contributed by atoms with Gasteiger partial charge in [0, 0.05) is 6.54 Å². The van der Waals surface area contributed by atoms with Crippen LogP contribution in [0.2, 0.25) is 0 Å². The van der Waals surface area contributed by atoms with Crippen LogP contribution in [0.3, 0.4) is 0 Å². The van der Waals surface area contributed by atoms with Gasteiger partial charge in [-0.2, -0.15) is 0 Å². The van der Waals surface area contributed by atoms with Gasteiger partial charge in [0.15, 0.2) is 0 Å².